The fraction of sp³-hybridized carbons (Fsp3) is 0.341. The van der Waals surface area contributed by atoms with Crippen molar-refractivity contribution in [2.75, 3.05) is 0 Å². The van der Waals surface area contributed by atoms with Crippen molar-refractivity contribution >= 4 is 49.3 Å². The number of carbonyl (C=O) groups is 1. The maximum Gasteiger partial charge on any atom is 0.164 e. The number of ketones is 1. The summed E-state index contributed by atoms with van der Waals surface area (Å²) in [5, 5.41) is 17.3. The van der Waals surface area contributed by atoms with Crippen LogP contribution in [0.25, 0.3) is 54.7 Å². The number of hydrogen-bond acceptors (Lipinski definition) is 4. The van der Waals surface area contributed by atoms with E-state index in [1.54, 1.807) is 0 Å². The number of aryl methyl sites for hydroxylation is 2. The van der Waals surface area contributed by atoms with Crippen molar-refractivity contribution in [2.24, 2.45) is 17.9 Å². The van der Waals surface area contributed by atoms with Crippen LogP contribution in [0.5, 0.6) is 0 Å². The summed E-state index contributed by atoms with van der Waals surface area (Å²) >= 11 is 0. The number of fused-ring (bicyclic) bond motifs is 6. The third kappa shape index (κ3) is 6.77. The fourth-order valence-electron chi connectivity index (χ4n) is 6.09. The Morgan fingerprint density at radius 2 is 1.43 bits per heavy atom. The van der Waals surface area contributed by atoms with Gasteiger partial charge in [-0.25, -0.2) is 4.98 Å². The molecule has 0 amide bonds. The zero-order valence-electron chi connectivity index (χ0n) is 28.9. The molecule has 0 saturated carbocycles. The van der Waals surface area contributed by atoms with Gasteiger partial charge in [-0.05, 0) is 49.4 Å². The zero-order chi connectivity index (χ0) is 33.2. The molecule has 6 aromatic rings. The summed E-state index contributed by atoms with van der Waals surface area (Å²) < 4.78 is 2.18. The van der Waals surface area contributed by atoms with Gasteiger partial charge < -0.3 is 9.67 Å². The molecular weight excluding hydrogens is 759 g/mol. The standard InChI is InChI=1S/C26H18N3.C15H28O2.Ir/c1-16-27-25(20-12-11-17-7-3-4-9-19(17)15-20)24-23-21-10-6-5-8-18(21)13-14-22(23)29(2)26(24)28-16;1-7-14(5,8-2)12(16)11-13(17)15(6,9-3)10-4;/h3-11,13-15H,1-2H3;11,16H,7-10H2,1-6H3;/q-1;;/b;12-11-;. The topological polar surface area (TPSA) is 68.0 Å². The normalized spacial score (nSPS) is 12.3. The second kappa shape index (κ2) is 14.5. The SMILES string of the molecule is CCC(C)(CC)C(=O)/C=C(\O)C(C)(CC)CC.Cc1nc(-c2[c-]cc3ccccc3c2)c2c3c4ccccc4ccc3n(C)c2n1.[Ir]. The van der Waals surface area contributed by atoms with E-state index in [2.05, 4.69) is 90.5 Å². The van der Waals surface area contributed by atoms with Gasteiger partial charge in [0.1, 0.15) is 17.2 Å². The Kier molecular flexibility index (Phi) is 11.1. The van der Waals surface area contributed by atoms with Crippen LogP contribution < -0.4 is 0 Å². The fourth-order valence-corrected chi connectivity index (χ4v) is 6.09. The molecule has 6 heteroatoms. The first-order valence-corrected chi connectivity index (χ1v) is 16.5. The van der Waals surface area contributed by atoms with Crippen LogP contribution in [0.3, 0.4) is 0 Å². The summed E-state index contributed by atoms with van der Waals surface area (Å²) in [4.78, 5) is 21.9. The molecule has 47 heavy (non-hydrogen) atoms. The molecule has 0 bridgehead atoms. The molecule has 1 radical (unpaired) electrons. The van der Waals surface area contributed by atoms with E-state index in [1.807, 2.05) is 48.5 Å². The molecule has 2 heterocycles. The largest absolute Gasteiger partial charge is 0.512 e. The van der Waals surface area contributed by atoms with Crippen LogP contribution in [0.15, 0.2) is 84.6 Å². The first kappa shape index (κ1) is 36.0. The van der Waals surface area contributed by atoms with Crippen molar-refractivity contribution in [3.05, 3.63) is 96.5 Å². The Labute approximate surface area is 292 Å². The van der Waals surface area contributed by atoms with E-state index in [0.717, 1.165) is 53.8 Å². The van der Waals surface area contributed by atoms with Crippen molar-refractivity contribution < 1.29 is 30.0 Å². The number of aliphatic hydroxyl groups is 1. The Morgan fingerprint density at radius 3 is 2.06 bits per heavy atom. The van der Waals surface area contributed by atoms with Gasteiger partial charge in [-0.3, -0.25) is 9.78 Å². The Balaban J connectivity index is 0.000000242. The van der Waals surface area contributed by atoms with E-state index >= 15 is 0 Å². The first-order chi connectivity index (χ1) is 22.0. The number of rotatable bonds is 8. The summed E-state index contributed by atoms with van der Waals surface area (Å²) in [6, 6.07) is 29.0. The second-order valence-corrected chi connectivity index (χ2v) is 13.0. The van der Waals surface area contributed by atoms with Crippen molar-refractivity contribution in [3.63, 3.8) is 0 Å². The van der Waals surface area contributed by atoms with Gasteiger partial charge in [-0.2, -0.15) is 0 Å². The van der Waals surface area contributed by atoms with E-state index in [-0.39, 0.29) is 42.5 Å². The van der Waals surface area contributed by atoms with Gasteiger partial charge >= 0.3 is 0 Å². The van der Waals surface area contributed by atoms with E-state index in [9.17, 15) is 9.90 Å². The van der Waals surface area contributed by atoms with Crippen LogP contribution in [0.4, 0.5) is 0 Å². The van der Waals surface area contributed by atoms with Crippen LogP contribution in [-0.2, 0) is 31.9 Å². The minimum absolute atomic E-state index is 0. The molecule has 1 N–H and O–H groups in total. The number of aromatic nitrogens is 3. The van der Waals surface area contributed by atoms with Crippen LogP contribution in [-0.4, -0.2) is 25.4 Å². The quantitative estimate of drug-likeness (QED) is 0.0945. The van der Waals surface area contributed by atoms with E-state index in [0.29, 0.717) is 0 Å². The molecule has 5 nitrogen and oxygen atoms in total. The van der Waals surface area contributed by atoms with Crippen molar-refractivity contribution in [3.8, 4) is 11.3 Å². The smallest absolute Gasteiger partial charge is 0.164 e. The minimum atomic E-state index is -0.337. The van der Waals surface area contributed by atoms with Gasteiger partial charge in [-0.1, -0.05) is 102 Å². The molecule has 247 valence electrons. The maximum atomic E-state index is 12.2. The molecule has 6 rings (SSSR count). The van der Waals surface area contributed by atoms with E-state index in [4.69, 9.17) is 9.97 Å². The second-order valence-electron chi connectivity index (χ2n) is 13.0. The number of aliphatic hydroxyl groups excluding tert-OH is 1. The van der Waals surface area contributed by atoms with Gasteiger partial charge in [-0.15, -0.1) is 29.1 Å². The molecule has 0 saturated heterocycles. The first-order valence-electron chi connectivity index (χ1n) is 16.5. The summed E-state index contributed by atoms with van der Waals surface area (Å²) in [5.41, 5.74) is 3.47. The minimum Gasteiger partial charge on any atom is -0.512 e. The van der Waals surface area contributed by atoms with Crippen LogP contribution in [0, 0.1) is 23.8 Å². The van der Waals surface area contributed by atoms with Crippen LogP contribution >= 0.6 is 0 Å². The summed E-state index contributed by atoms with van der Waals surface area (Å²) in [6.45, 7) is 14.0. The number of allylic oxidation sites excluding steroid dienone is 2. The summed E-state index contributed by atoms with van der Waals surface area (Å²) in [7, 11) is 2.08. The third-order valence-corrected chi connectivity index (χ3v) is 10.4. The molecule has 0 unspecified atom stereocenters. The van der Waals surface area contributed by atoms with Gasteiger partial charge in [0.15, 0.2) is 5.78 Å². The van der Waals surface area contributed by atoms with Gasteiger partial charge in [0.2, 0.25) is 0 Å². The number of nitrogens with zero attached hydrogens (tertiary/aromatic N) is 3. The molecule has 0 spiro atoms. The molecule has 0 aliphatic rings. The van der Waals surface area contributed by atoms with E-state index < -0.39 is 0 Å². The van der Waals surface area contributed by atoms with Crippen molar-refractivity contribution in [1.29, 1.82) is 0 Å². The number of benzene rings is 4. The molecule has 2 aromatic heterocycles. The number of hydrogen-bond donors (Lipinski definition) is 1. The zero-order valence-corrected chi connectivity index (χ0v) is 31.3. The molecular formula is C41H46IrN3O2-. The predicted octanol–water partition coefficient (Wildman–Crippen LogP) is 10.9. The van der Waals surface area contributed by atoms with Gasteiger partial charge in [0, 0.05) is 66.0 Å². The Hall–Kier alpha value is -3.86. The third-order valence-electron chi connectivity index (χ3n) is 10.4. The average molecular weight is 805 g/mol. The van der Waals surface area contributed by atoms with Gasteiger partial charge in [0.05, 0.1) is 0 Å². The van der Waals surface area contributed by atoms with Gasteiger partial charge in [0.25, 0.3) is 0 Å². The van der Waals surface area contributed by atoms with E-state index in [1.165, 1.54) is 38.5 Å². The maximum absolute atomic E-state index is 12.2. The molecule has 0 aliphatic heterocycles. The molecule has 4 aromatic carbocycles. The van der Waals surface area contributed by atoms with Crippen molar-refractivity contribution in [1.82, 2.24) is 14.5 Å². The predicted molar refractivity (Wildman–Crippen MR) is 193 cm³/mol. The molecule has 0 atom stereocenters. The number of carbonyl (C=O) groups excluding carboxylic acids is 1. The van der Waals surface area contributed by atoms with Crippen LogP contribution in [0.2, 0.25) is 0 Å². The van der Waals surface area contributed by atoms with Crippen LogP contribution in [0.1, 0.15) is 73.1 Å². The average Bonchev–Trinajstić information content (AvgIpc) is 3.38. The van der Waals surface area contributed by atoms with Crippen molar-refractivity contribution in [2.45, 2.75) is 74.1 Å². The molecule has 0 fully saturated rings. The monoisotopic (exact) mass is 805 g/mol. The Bertz CT molecular complexity index is 2080. The molecule has 0 aliphatic carbocycles. The Morgan fingerprint density at radius 1 is 0.830 bits per heavy atom. The summed E-state index contributed by atoms with van der Waals surface area (Å²) in [6.07, 6.45) is 4.75. The summed E-state index contributed by atoms with van der Waals surface area (Å²) in [5.74, 6) is 1.05.